The third-order valence-electron chi connectivity index (χ3n) is 2.77. The van der Waals surface area contributed by atoms with Gasteiger partial charge in [0.25, 0.3) is 0 Å². The van der Waals surface area contributed by atoms with Crippen molar-refractivity contribution in [2.24, 2.45) is 0 Å². The molecule has 0 spiro atoms. The lowest BCUT2D eigenvalue weighted by atomic mass is 9.99. The molecular formula is C14H13NO2. The summed E-state index contributed by atoms with van der Waals surface area (Å²) in [5, 5.41) is 20.8. The van der Waals surface area contributed by atoms with Crippen molar-refractivity contribution < 1.29 is 9.84 Å². The van der Waals surface area contributed by atoms with E-state index in [0.717, 1.165) is 5.39 Å². The van der Waals surface area contributed by atoms with E-state index in [1.54, 1.807) is 13.0 Å². The van der Waals surface area contributed by atoms with Gasteiger partial charge in [-0.1, -0.05) is 24.3 Å². The smallest absolute Gasteiger partial charge is 0.144 e. The number of benzene rings is 2. The van der Waals surface area contributed by atoms with E-state index in [1.807, 2.05) is 25.1 Å². The van der Waals surface area contributed by atoms with Gasteiger partial charge in [-0.3, -0.25) is 0 Å². The molecule has 0 fully saturated rings. The molecule has 0 atom stereocenters. The predicted octanol–water partition coefficient (Wildman–Crippen LogP) is 3.12. The third kappa shape index (κ3) is 1.68. The molecule has 2 rings (SSSR count). The Hall–Kier alpha value is -2.21. The summed E-state index contributed by atoms with van der Waals surface area (Å²) in [4.78, 5) is 0. The zero-order valence-corrected chi connectivity index (χ0v) is 9.82. The zero-order chi connectivity index (χ0) is 12.4. The summed E-state index contributed by atoms with van der Waals surface area (Å²) in [7, 11) is 0. The van der Waals surface area contributed by atoms with Crippen LogP contribution in [-0.2, 0) is 0 Å². The molecule has 3 nitrogen and oxygen atoms in total. The molecule has 2 aromatic rings. The van der Waals surface area contributed by atoms with Gasteiger partial charge in [0, 0.05) is 16.3 Å². The summed E-state index contributed by atoms with van der Waals surface area (Å²) in [5.41, 5.74) is 1.10. The van der Waals surface area contributed by atoms with E-state index in [-0.39, 0.29) is 5.75 Å². The Labute approximate surface area is 99.9 Å². The summed E-state index contributed by atoms with van der Waals surface area (Å²) < 4.78 is 5.47. The molecule has 0 unspecified atom stereocenters. The molecule has 0 saturated carbocycles. The van der Waals surface area contributed by atoms with E-state index >= 15 is 0 Å². The van der Waals surface area contributed by atoms with Gasteiger partial charge in [0.05, 0.1) is 6.61 Å². The first-order valence-corrected chi connectivity index (χ1v) is 5.47. The lowest BCUT2D eigenvalue weighted by Gasteiger charge is -2.13. The van der Waals surface area contributed by atoms with Crippen LogP contribution in [0.1, 0.15) is 18.1 Å². The fourth-order valence-electron chi connectivity index (χ4n) is 1.96. The van der Waals surface area contributed by atoms with Crippen LogP contribution in [0.15, 0.2) is 24.3 Å². The van der Waals surface area contributed by atoms with Crippen molar-refractivity contribution in [3.8, 4) is 17.6 Å². The van der Waals surface area contributed by atoms with Gasteiger partial charge in [-0.2, -0.15) is 5.26 Å². The number of aromatic hydroxyl groups is 1. The van der Waals surface area contributed by atoms with Gasteiger partial charge >= 0.3 is 0 Å². The van der Waals surface area contributed by atoms with Crippen LogP contribution in [0, 0.1) is 18.3 Å². The lowest BCUT2D eigenvalue weighted by Crippen LogP contribution is -1.98. The van der Waals surface area contributed by atoms with Gasteiger partial charge < -0.3 is 9.84 Å². The summed E-state index contributed by atoms with van der Waals surface area (Å²) >= 11 is 0. The van der Waals surface area contributed by atoms with Crippen molar-refractivity contribution in [2.75, 3.05) is 6.61 Å². The van der Waals surface area contributed by atoms with Gasteiger partial charge in [-0.05, 0) is 13.8 Å². The number of fused-ring (bicyclic) bond motifs is 1. The number of hydrogen-bond donors (Lipinski definition) is 1. The fraction of sp³-hybridized carbons (Fsp3) is 0.214. The van der Waals surface area contributed by atoms with Gasteiger partial charge in [-0.25, -0.2) is 0 Å². The molecule has 0 aliphatic heterocycles. The summed E-state index contributed by atoms with van der Waals surface area (Å²) in [6.07, 6.45) is 0. The van der Waals surface area contributed by atoms with Crippen molar-refractivity contribution in [3.05, 3.63) is 35.4 Å². The van der Waals surface area contributed by atoms with Crippen LogP contribution in [0.5, 0.6) is 11.5 Å². The second-order valence-electron chi connectivity index (χ2n) is 3.77. The van der Waals surface area contributed by atoms with Crippen LogP contribution >= 0.6 is 0 Å². The SMILES string of the molecule is CCOc1c(C)c(O)c2ccccc2c1C#N. The zero-order valence-electron chi connectivity index (χ0n) is 9.82. The van der Waals surface area contributed by atoms with E-state index in [2.05, 4.69) is 6.07 Å². The molecule has 0 aliphatic carbocycles. The number of hydrogen-bond acceptors (Lipinski definition) is 3. The molecule has 0 heterocycles. The Morgan fingerprint density at radius 3 is 2.53 bits per heavy atom. The molecule has 0 aliphatic rings. The first-order valence-electron chi connectivity index (χ1n) is 5.47. The second kappa shape index (κ2) is 4.34. The standard InChI is InChI=1S/C14H13NO2/c1-3-17-14-9(2)13(16)11-7-5-4-6-10(11)12(14)8-15/h4-7,16H,3H2,1-2H3. The highest BCUT2D eigenvalue weighted by molar-refractivity contribution is 5.96. The molecule has 0 amide bonds. The molecule has 0 radical (unpaired) electrons. The normalized spacial score (nSPS) is 10.2. The van der Waals surface area contributed by atoms with Crippen molar-refractivity contribution in [1.82, 2.24) is 0 Å². The molecule has 86 valence electrons. The van der Waals surface area contributed by atoms with Crippen LogP contribution in [0.25, 0.3) is 10.8 Å². The van der Waals surface area contributed by atoms with E-state index in [9.17, 15) is 10.4 Å². The third-order valence-corrected chi connectivity index (χ3v) is 2.77. The number of ether oxygens (including phenoxy) is 1. The predicted molar refractivity (Wildman–Crippen MR) is 66.2 cm³/mol. The topological polar surface area (TPSA) is 53.2 Å². The number of rotatable bonds is 2. The lowest BCUT2D eigenvalue weighted by molar-refractivity contribution is 0.334. The first kappa shape index (κ1) is 11.3. The largest absolute Gasteiger partial charge is 0.507 e. The average molecular weight is 227 g/mol. The molecule has 3 heteroatoms. The van der Waals surface area contributed by atoms with Crippen molar-refractivity contribution in [2.45, 2.75) is 13.8 Å². The van der Waals surface area contributed by atoms with Crippen molar-refractivity contribution in [1.29, 1.82) is 5.26 Å². The van der Waals surface area contributed by atoms with Gasteiger partial charge in [0.1, 0.15) is 23.1 Å². The highest BCUT2D eigenvalue weighted by atomic mass is 16.5. The molecular weight excluding hydrogens is 214 g/mol. The van der Waals surface area contributed by atoms with Crippen molar-refractivity contribution in [3.63, 3.8) is 0 Å². The molecule has 1 N–H and O–H groups in total. The van der Waals surface area contributed by atoms with Crippen LogP contribution in [-0.4, -0.2) is 11.7 Å². The second-order valence-corrected chi connectivity index (χ2v) is 3.77. The quantitative estimate of drug-likeness (QED) is 0.857. The fourth-order valence-corrected chi connectivity index (χ4v) is 1.96. The van der Waals surface area contributed by atoms with Crippen LogP contribution in [0.4, 0.5) is 0 Å². The average Bonchev–Trinajstić information content (AvgIpc) is 2.36. The van der Waals surface area contributed by atoms with Gasteiger partial charge in [-0.15, -0.1) is 0 Å². The van der Waals surface area contributed by atoms with Gasteiger partial charge in [0.15, 0.2) is 0 Å². The monoisotopic (exact) mass is 227 g/mol. The Kier molecular flexibility index (Phi) is 2.88. The highest BCUT2D eigenvalue weighted by Crippen LogP contribution is 2.39. The Bertz CT molecular complexity index is 612. The number of phenolic OH excluding ortho intramolecular Hbond substituents is 1. The minimum atomic E-state index is 0.183. The Balaban J connectivity index is 2.91. The van der Waals surface area contributed by atoms with E-state index in [1.165, 1.54) is 0 Å². The summed E-state index contributed by atoms with van der Waals surface area (Å²) in [6, 6.07) is 9.45. The Morgan fingerprint density at radius 2 is 1.94 bits per heavy atom. The van der Waals surface area contributed by atoms with Crippen LogP contribution in [0.2, 0.25) is 0 Å². The van der Waals surface area contributed by atoms with Crippen LogP contribution < -0.4 is 4.74 Å². The summed E-state index contributed by atoms with van der Waals surface area (Å²) in [5.74, 6) is 0.661. The number of nitrogens with zero attached hydrogens (tertiary/aromatic N) is 1. The molecule has 17 heavy (non-hydrogen) atoms. The van der Waals surface area contributed by atoms with Gasteiger partial charge in [0.2, 0.25) is 0 Å². The van der Waals surface area contributed by atoms with E-state index < -0.39 is 0 Å². The minimum absolute atomic E-state index is 0.183. The van der Waals surface area contributed by atoms with E-state index in [0.29, 0.717) is 28.9 Å². The maximum Gasteiger partial charge on any atom is 0.144 e. The van der Waals surface area contributed by atoms with Crippen LogP contribution in [0.3, 0.4) is 0 Å². The minimum Gasteiger partial charge on any atom is -0.507 e. The first-order chi connectivity index (χ1) is 8.20. The maximum atomic E-state index is 10.1. The summed E-state index contributed by atoms with van der Waals surface area (Å²) in [6.45, 7) is 4.08. The molecule has 0 saturated heterocycles. The Morgan fingerprint density at radius 1 is 1.29 bits per heavy atom. The van der Waals surface area contributed by atoms with Crippen molar-refractivity contribution >= 4 is 10.8 Å². The highest BCUT2D eigenvalue weighted by Gasteiger charge is 2.16. The molecule has 2 aromatic carbocycles. The number of nitriles is 1. The molecule has 0 bridgehead atoms. The molecule has 0 aromatic heterocycles. The number of phenols is 1. The maximum absolute atomic E-state index is 10.1. The van der Waals surface area contributed by atoms with E-state index in [4.69, 9.17) is 4.74 Å².